The largest absolute Gasteiger partial charge is 0.466 e. The first-order valence-electron chi connectivity index (χ1n) is 5.83. The molecule has 0 bridgehead atoms. The fourth-order valence-electron chi connectivity index (χ4n) is 1.54. The first kappa shape index (κ1) is 16.1. The van der Waals surface area contributed by atoms with Crippen molar-refractivity contribution in [3.63, 3.8) is 0 Å². The summed E-state index contributed by atoms with van der Waals surface area (Å²) < 4.78 is 5.47. The molecular weight excluding hydrogens is 355 g/mol. The molecule has 19 heavy (non-hydrogen) atoms. The van der Waals surface area contributed by atoms with Crippen molar-refractivity contribution in [3.05, 3.63) is 71.8 Å². The molecular formula is C15H15CdNOS. The van der Waals surface area contributed by atoms with Gasteiger partial charge >= 0.3 is 0 Å². The smallest absolute Gasteiger partial charge is 0.257 e. The van der Waals surface area contributed by atoms with Crippen molar-refractivity contribution in [3.8, 4) is 0 Å². The van der Waals surface area contributed by atoms with Crippen LogP contribution in [0.25, 0.3) is 0 Å². The molecule has 0 aromatic heterocycles. The Kier molecular flexibility index (Phi) is 7.66. The summed E-state index contributed by atoms with van der Waals surface area (Å²) in [5.74, 6) is 0. The standard InChI is InChI=1S/C15H15NOS.Cd/c18-15(16-11-13-7-3-1-4-8-13)17-12-14-9-5-2-6-10-14;/h1-10H,11-12H2,(H,16,18);. The Morgan fingerprint density at radius 3 is 2.00 bits per heavy atom. The second kappa shape index (κ2) is 9.04. The van der Waals surface area contributed by atoms with Crippen LogP contribution < -0.4 is 5.32 Å². The summed E-state index contributed by atoms with van der Waals surface area (Å²) >= 11 is 5.12. The third-order valence-electron chi connectivity index (χ3n) is 2.49. The second-order valence-electron chi connectivity index (χ2n) is 3.90. The summed E-state index contributed by atoms with van der Waals surface area (Å²) in [6.07, 6.45) is 0. The Hall–Kier alpha value is -0.948. The Balaban J connectivity index is 0.00000180. The predicted octanol–water partition coefficient (Wildman–Crippen LogP) is 3.28. The molecule has 94 valence electrons. The van der Waals surface area contributed by atoms with Crippen molar-refractivity contribution in [1.29, 1.82) is 0 Å². The van der Waals surface area contributed by atoms with Gasteiger partial charge in [0.2, 0.25) is 0 Å². The first-order chi connectivity index (χ1) is 8.84. The first-order valence-corrected chi connectivity index (χ1v) is 6.24. The molecule has 1 N–H and O–H groups in total. The maximum Gasteiger partial charge on any atom is 0.257 e. The van der Waals surface area contributed by atoms with E-state index < -0.39 is 0 Å². The molecule has 0 aliphatic rings. The van der Waals surface area contributed by atoms with Crippen molar-refractivity contribution in [2.75, 3.05) is 0 Å². The topological polar surface area (TPSA) is 21.3 Å². The fourth-order valence-corrected chi connectivity index (χ4v) is 1.68. The minimum Gasteiger partial charge on any atom is -0.466 e. The van der Waals surface area contributed by atoms with Gasteiger partial charge < -0.3 is 10.1 Å². The normalized spacial score (nSPS) is 9.26. The monoisotopic (exact) mass is 371 g/mol. The van der Waals surface area contributed by atoms with Crippen molar-refractivity contribution in [2.24, 2.45) is 0 Å². The van der Waals surface area contributed by atoms with Crippen LogP contribution in [0.5, 0.6) is 0 Å². The summed E-state index contributed by atoms with van der Waals surface area (Å²) in [5, 5.41) is 3.51. The molecule has 2 nitrogen and oxygen atoms in total. The molecule has 0 atom stereocenters. The van der Waals surface area contributed by atoms with Gasteiger partial charge in [0.05, 0.1) is 0 Å². The van der Waals surface area contributed by atoms with Crippen LogP contribution in [0.4, 0.5) is 0 Å². The van der Waals surface area contributed by atoms with Crippen molar-refractivity contribution in [2.45, 2.75) is 13.2 Å². The summed E-state index contributed by atoms with van der Waals surface area (Å²) in [6, 6.07) is 20.1. The van der Waals surface area contributed by atoms with Crippen molar-refractivity contribution in [1.82, 2.24) is 5.32 Å². The van der Waals surface area contributed by atoms with Crippen LogP contribution in [0.3, 0.4) is 0 Å². The summed E-state index contributed by atoms with van der Waals surface area (Å²) in [5.41, 5.74) is 2.30. The van der Waals surface area contributed by atoms with Crippen LogP contribution in [0.15, 0.2) is 60.7 Å². The van der Waals surface area contributed by atoms with E-state index in [0.717, 1.165) is 5.56 Å². The van der Waals surface area contributed by atoms with E-state index >= 15 is 0 Å². The van der Waals surface area contributed by atoms with Gasteiger partial charge in [-0.15, -0.1) is 0 Å². The minimum atomic E-state index is 0. The molecule has 2 aromatic rings. The molecule has 0 heterocycles. The van der Waals surface area contributed by atoms with E-state index in [1.165, 1.54) is 5.56 Å². The molecule has 0 radical (unpaired) electrons. The summed E-state index contributed by atoms with van der Waals surface area (Å²) in [4.78, 5) is 0. The Bertz CT molecular complexity index is 445. The molecule has 4 heteroatoms. The molecule has 0 spiro atoms. The fraction of sp³-hybridized carbons (Fsp3) is 0.133. The minimum absolute atomic E-state index is 0. The van der Waals surface area contributed by atoms with E-state index in [0.29, 0.717) is 18.3 Å². The average Bonchev–Trinajstić information content (AvgIpc) is 2.45. The molecule has 0 unspecified atom stereocenters. The van der Waals surface area contributed by atoms with E-state index in [2.05, 4.69) is 5.32 Å². The van der Waals surface area contributed by atoms with Gasteiger partial charge in [-0.1, -0.05) is 60.7 Å². The third-order valence-corrected chi connectivity index (χ3v) is 2.75. The molecule has 2 aromatic carbocycles. The van der Waals surface area contributed by atoms with Crippen molar-refractivity contribution >= 4 is 17.4 Å². The number of nitrogens with one attached hydrogen (secondary N) is 1. The third kappa shape index (κ3) is 6.16. The summed E-state index contributed by atoms with van der Waals surface area (Å²) in [7, 11) is 0. The van der Waals surface area contributed by atoms with Crippen LogP contribution in [0.2, 0.25) is 0 Å². The molecule has 2 rings (SSSR count). The number of hydrogen-bond acceptors (Lipinski definition) is 2. The zero-order chi connectivity index (χ0) is 12.6. The van der Waals surface area contributed by atoms with Gasteiger partial charge in [0, 0.05) is 33.8 Å². The number of rotatable bonds is 4. The Morgan fingerprint density at radius 2 is 1.42 bits per heavy atom. The second-order valence-corrected chi connectivity index (χ2v) is 4.27. The molecule has 0 amide bonds. The van der Waals surface area contributed by atoms with E-state index in [1.54, 1.807) is 0 Å². The van der Waals surface area contributed by atoms with Gasteiger partial charge in [-0.05, 0) is 23.3 Å². The van der Waals surface area contributed by atoms with E-state index in [-0.39, 0.29) is 27.3 Å². The van der Waals surface area contributed by atoms with E-state index in [9.17, 15) is 0 Å². The Morgan fingerprint density at radius 1 is 0.895 bits per heavy atom. The Labute approximate surface area is 139 Å². The molecule has 0 saturated heterocycles. The number of hydrogen-bond donors (Lipinski definition) is 1. The molecule has 0 fully saturated rings. The molecule has 0 aliphatic carbocycles. The van der Waals surface area contributed by atoms with Gasteiger partial charge in [0.1, 0.15) is 6.61 Å². The number of benzene rings is 2. The van der Waals surface area contributed by atoms with Crippen LogP contribution in [0, 0.1) is 0 Å². The predicted molar refractivity (Wildman–Crippen MR) is 77.1 cm³/mol. The van der Waals surface area contributed by atoms with Gasteiger partial charge in [0.25, 0.3) is 5.17 Å². The van der Waals surface area contributed by atoms with Crippen molar-refractivity contribution < 1.29 is 32.0 Å². The average molecular weight is 370 g/mol. The number of ether oxygens (including phenoxy) is 1. The van der Waals surface area contributed by atoms with Crippen LogP contribution in [-0.2, 0) is 45.2 Å². The summed E-state index contributed by atoms with van der Waals surface area (Å²) in [6.45, 7) is 1.19. The maximum absolute atomic E-state index is 5.47. The SMILES string of the molecule is S=C(NCc1ccccc1)OCc1ccccc1.[Cd]. The molecule has 0 aliphatic heterocycles. The van der Waals surface area contributed by atoms with Gasteiger partial charge in [-0.3, -0.25) is 0 Å². The van der Waals surface area contributed by atoms with E-state index in [4.69, 9.17) is 17.0 Å². The van der Waals surface area contributed by atoms with Gasteiger partial charge in [-0.2, -0.15) is 0 Å². The van der Waals surface area contributed by atoms with Gasteiger partial charge in [-0.25, -0.2) is 0 Å². The van der Waals surface area contributed by atoms with Crippen LogP contribution >= 0.6 is 12.2 Å². The molecule has 0 saturated carbocycles. The van der Waals surface area contributed by atoms with E-state index in [1.807, 2.05) is 60.7 Å². The maximum atomic E-state index is 5.47. The van der Waals surface area contributed by atoms with Crippen LogP contribution in [-0.4, -0.2) is 5.17 Å². The van der Waals surface area contributed by atoms with Gasteiger partial charge in [0.15, 0.2) is 0 Å². The zero-order valence-electron chi connectivity index (χ0n) is 10.7. The number of thiocarbonyl (C=S) groups is 1. The quantitative estimate of drug-likeness (QED) is 0.660. The van der Waals surface area contributed by atoms with Crippen LogP contribution in [0.1, 0.15) is 11.1 Å². The zero-order valence-corrected chi connectivity index (χ0v) is 15.6.